The molecule has 2 aliphatic heterocycles. The fraction of sp³-hybridized carbons (Fsp3) is 0.800. The van der Waals surface area contributed by atoms with Crippen LogP contribution in [-0.4, -0.2) is 76.9 Å². The van der Waals surface area contributed by atoms with Gasteiger partial charge in [0.1, 0.15) is 5.78 Å². The summed E-state index contributed by atoms with van der Waals surface area (Å²) in [6.07, 6.45) is 9.74. The van der Waals surface area contributed by atoms with Crippen molar-refractivity contribution >= 4 is 11.7 Å². The molecule has 3 fully saturated rings. The Hall–Kier alpha value is -1.53. The summed E-state index contributed by atoms with van der Waals surface area (Å²) in [4.78, 5) is 29.3. The van der Waals surface area contributed by atoms with E-state index in [1.807, 2.05) is 13.8 Å². The van der Waals surface area contributed by atoms with Crippen LogP contribution in [0.5, 0.6) is 0 Å². The van der Waals surface area contributed by atoms with Crippen LogP contribution in [0.4, 0.5) is 5.95 Å². The number of anilines is 1. The predicted octanol–water partition coefficient (Wildman–Crippen LogP) is 3.58. The normalized spacial score (nSPS) is 31.1. The van der Waals surface area contributed by atoms with E-state index in [4.69, 9.17) is 9.97 Å². The van der Waals surface area contributed by atoms with E-state index in [0.29, 0.717) is 35.7 Å². The second-order valence-electron chi connectivity index (χ2n) is 10.6. The molecule has 2 unspecified atom stereocenters. The highest BCUT2D eigenvalue weighted by molar-refractivity contribution is 5.82. The monoisotopic (exact) mass is 427 g/mol. The van der Waals surface area contributed by atoms with Crippen LogP contribution in [0.25, 0.3) is 0 Å². The zero-order chi connectivity index (χ0) is 22.1. The summed E-state index contributed by atoms with van der Waals surface area (Å²) in [6, 6.07) is 1.58. The van der Waals surface area contributed by atoms with Gasteiger partial charge in [-0.3, -0.25) is 9.69 Å². The molecule has 3 heterocycles. The molecule has 31 heavy (non-hydrogen) atoms. The zero-order valence-electron chi connectivity index (χ0n) is 20.1. The molecule has 6 nitrogen and oxygen atoms in total. The molecule has 3 aliphatic rings. The molecule has 0 aromatic carbocycles. The number of rotatable bonds is 6. The molecule has 6 heteroatoms. The maximum absolute atomic E-state index is 12.3. The van der Waals surface area contributed by atoms with E-state index in [2.05, 4.69) is 48.0 Å². The average molecular weight is 428 g/mol. The van der Waals surface area contributed by atoms with E-state index in [1.165, 1.54) is 18.4 Å². The molecule has 2 atom stereocenters. The van der Waals surface area contributed by atoms with Crippen LogP contribution >= 0.6 is 0 Å². The summed E-state index contributed by atoms with van der Waals surface area (Å²) in [6.45, 7) is 13.0. The number of ketones is 1. The highest BCUT2D eigenvalue weighted by Crippen LogP contribution is 2.36. The van der Waals surface area contributed by atoms with E-state index < -0.39 is 0 Å². The first-order chi connectivity index (χ1) is 14.9. The van der Waals surface area contributed by atoms with Crippen molar-refractivity contribution < 1.29 is 4.79 Å². The van der Waals surface area contributed by atoms with Gasteiger partial charge >= 0.3 is 0 Å². The molecular weight excluding hydrogens is 386 g/mol. The lowest BCUT2D eigenvalue weighted by atomic mass is 9.78. The number of hydrogen-bond donors (Lipinski definition) is 0. The van der Waals surface area contributed by atoms with Crippen LogP contribution in [0.15, 0.2) is 12.4 Å². The van der Waals surface area contributed by atoms with Gasteiger partial charge in [-0.1, -0.05) is 20.8 Å². The van der Waals surface area contributed by atoms with Gasteiger partial charge in [0.05, 0.1) is 0 Å². The van der Waals surface area contributed by atoms with Gasteiger partial charge in [-0.15, -0.1) is 0 Å². The van der Waals surface area contributed by atoms with Crippen molar-refractivity contribution in [1.82, 2.24) is 19.8 Å². The topological polar surface area (TPSA) is 52.6 Å². The number of hydrogen-bond acceptors (Lipinski definition) is 6. The summed E-state index contributed by atoms with van der Waals surface area (Å²) in [5.41, 5.74) is 1.28. The highest BCUT2D eigenvalue weighted by atomic mass is 16.1. The Morgan fingerprint density at radius 3 is 2.29 bits per heavy atom. The molecule has 1 aliphatic carbocycles. The Bertz CT molecular complexity index is 737. The smallest absolute Gasteiger partial charge is 0.225 e. The maximum Gasteiger partial charge on any atom is 0.225 e. The number of aromatic nitrogens is 2. The van der Waals surface area contributed by atoms with Gasteiger partial charge in [0.25, 0.3) is 0 Å². The van der Waals surface area contributed by atoms with Gasteiger partial charge in [0.2, 0.25) is 5.95 Å². The quantitative estimate of drug-likeness (QED) is 0.692. The van der Waals surface area contributed by atoms with Crippen molar-refractivity contribution in [2.45, 2.75) is 83.8 Å². The maximum atomic E-state index is 12.3. The first kappa shape index (κ1) is 22.7. The molecule has 0 bridgehead atoms. The minimum Gasteiger partial charge on any atom is -0.333 e. The van der Waals surface area contributed by atoms with Crippen LogP contribution in [0.3, 0.4) is 0 Å². The van der Waals surface area contributed by atoms with Crippen molar-refractivity contribution in [3.05, 3.63) is 18.0 Å². The van der Waals surface area contributed by atoms with E-state index in [1.54, 1.807) is 0 Å². The van der Waals surface area contributed by atoms with Crippen LogP contribution in [0.2, 0.25) is 0 Å². The average Bonchev–Trinajstić information content (AvgIpc) is 2.72. The molecule has 1 aromatic rings. The van der Waals surface area contributed by atoms with E-state index >= 15 is 0 Å². The van der Waals surface area contributed by atoms with Gasteiger partial charge in [-0.05, 0) is 51.6 Å². The molecule has 1 aromatic heterocycles. The van der Waals surface area contributed by atoms with Crippen molar-refractivity contribution in [2.24, 2.45) is 11.8 Å². The van der Waals surface area contributed by atoms with Crippen molar-refractivity contribution in [3.8, 4) is 0 Å². The zero-order valence-corrected chi connectivity index (χ0v) is 20.1. The fourth-order valence-corrected chi connectivity index (χ4v) is 6.00. The van der Waals surface area contributed by atoms with Gasteiger partial charge in [-0.25, -0.2) is 9.97 Å². The number of carbonyl (C=O) groups excluding carboxylic acids is 1. The number of likely N-dealkylation sites (N-methyl/N-ethyl adjacent to an activating group) is 1. The molecule has 0 spiro atoms. The van der Waals surface area contributed by atoms with Gasteiger partial charge in [0.15, 0.2) is 0 Å². The number of carbonyl (C=O) groups is 1. The standard InChI is InChI=1S/C25H41N5O/c1-6-22-16-28(5)13-18(4)30(22)25-26-11-20(12-27-25)21-14-29(15-21)23-9-7-19(8-10-23)24(31)17(2)3/h11-12,17-19,21-23H,6-10,13-16H2,1-5H3/t18?,19-,22?,23-. The van der Waals surface area contributed by atoms with Crippen LogP contribution in [-0.2, 0) is 4.79 Å². The second kappa shape index (κ2) is 9.53. The molecule has 0 radical (unpaired) electrons. The van der Waals surface area contributed by atoms with Crippen LogP contribution in [0, 0.1) is 11.8 Å². The SMILES string of the molecule is CCC1CN(C)CC(C)N1c1ncc(C2CN([C@H]3CC[C@H](C(=O)C(C)C)CC3)C2)cn1. The first-order valence-electron chi connectivity index (χ1n) is 12.4. The van der Waals surface area contributed by atoms with Crippen molar-refractivity contribution in [1.29, 1.82) is 0 Å². The first-order valence-corrected chi connectivity index (χ1v) is 12.4. The number of piperazine rings is 1. The summed E-state index contributed by atoms with van der Waals surface area (Å²) in [5.74, 6) is 2.39. The summed E-state index contributed by atoms with van der Waals surface area (Å²) >= 11 is 0. The van der Waals surface area contributed by atoms with Gasteiger partial charge in [0, 0.05) is 74.5 Å². The van der Waals surface area contributed by atoms with Gasteiger partial charge in [-0.2, -0.15) is 0 Å². The van der Waals surface area contributed by atoms with Crippen molar-refractivity contribution in [3.63, 3.8) is 0 Å². The highest BCUT2D eigenvalue weighted by Gasteiger charge is 2.37. The molecule has 0 amide bonds. The van der Waals surface area contributed by atoms with Gasteiger partial charge < -0.3 is 9.80 Å². The van der Waals surface area contributed by atoms with E-state index in [0.717, 1.165) is 51.4 Å². The Balaban J connectivity index is 1.29. The molecule has 0 N–H and O–H groups in total. The lowest BCUT2D eigenvalue weighted by molar-refractivity contribution is -0.127. The second-order valence-corrected chi connectivity index (χ2v) is 10.6. The Morgan fingerprint density at radius 2 is 1.71 bits per heavy atom. The molecule has 2 saturated heterocycles. The van der Waals surface area contributed by atoms with Crippen LogP contribution < -0.4 is 4.90 Å². The van der Waals surface area contributed by atoms with E-state index in [-0.39, 0.29) is 5.92 Å². The predicted molar refractivity (Wildman–Crippen MR) is 125 cm³/mol. The molecular formula is C25H41N5O. The third kappa shape index (κ3) is 4.80. The van der Waals surface area contributed by atoms with E-state index in [9.17, 15) is 4.79 Å². The summed E-state index contributed by atoms with van der Waals surface area (Å²) in [7, 11) is 2.21. The lowest BCUT2D eigenvalue weighted by Crippen LogP contribution is -2.57. The molecule has 1 saturated carbocycles. The molecule has 4 rings (SSSR count). The summed E-state index contributed by atoms with van der Waals surface area (Å²) < 4.78 is 0. The third-order valence-corrected chi connectivity index (χ3v) is 7.89. The Morgan fingerprint density at radius 1 is 1.06 bits per heavy atom. The minimum absolute atomic E-state index is 0.180. The number of nitrogens with zero attached hydrogens (tertiary/aromatic N) is 5. The molecule has 172 valence electrons. The fourth-order valence-electron chi connectivity index (χ4n) is 6.00. The Kier molecular flexibility index (Phi) is 6.97. The van der Waals surface area contributed by atoms with Crippen molar-refractivity contribution in [2.75, 3.05) is 38.1 Å². The largest absolute Gasteiger partial charge is 0.333 e. The number of likely N-dealkylation sites (tertiary alicyclic amines) is 1. The Labute approximate surface area is 188 Å². The summed E-state index contributed by atoms with van der Waals surface area (Å²) in [5, 5.41) is 0. The number of Topliss-reactive ketones (excluding diaryl/α,β-unsaturated/α-hetero) is 1. The third-order valence-electron chi connectivity index (χ3n) is 7.89. The lowest BCUT2D eigenvalue weighted by Gasteiger charge is -2.47. The van der Waals surface area contributed by atoms with Crippen LogP contribution in [0.1, 0.15) is 71.3 Å². The minimum atomic E-state index is 0.180.